The topological polar surface area (TPSA) is 68.2 Å². The van der Waals surface area contributed by atoms with Crippen LogP contribution in [0.15, 0.2) is 35.3 Å². The molecule has 1 N–H and O–H groups in total. The molecule has 2 heterocycles. The van der Waals surface area contributed by atoms with Gasteiger partial charge in [-0.3, -0.25) is 19.7 Å². The summed E-state index contributed by atoms with van der Waals surface area (Å²) in [5, 5.41) is 3.76. The average Bonchev–Trinajstić information content (AvgIpc) is 2.41. The highest BCUT2D eigenvalue weighted by Gasteiger charge is 2.28. The SMILES string of the molecule is Cc1cccc2c(=O)n(C3CCC(=O)NC3=O)ccc12. The number of carbonyl (C=O) groups is 2. The van der Waals surface area contributed by atoms with Gasteiger partial charge in [0.05, 0.1) is 0 Å². The number of aryl methyl sites for hydroxylation is 1. The molecule has 2 aromatic rings. The number of hydrogen-bond acceptors (Lipinski definition) is 3. The molecule has 1 unspecified atom stereocenters. The lowest BCUT2D eigenvalue weighted by molar-refractivity contribution is -0.135. The average molecular weight is 270 g/mol. The number of benzene rings is 1. The van der Waals surface area contributed by atoms with Crippen LogP contribution in [0.3, 0.4) is 0 Å². The van der Waals surface area contributed by atoms with Crippen LogP contribution in [-0.2, 0) is 9.59 Å². The predicted molar refractivity (Wildman–Crippen MR) is 74.4 cm³/mol. The van der Waals surface area contributed by atoms with E-state index in [1.807, 2.05) is 25.1 Å². The van der Waals surface area contributed by atoms with Crippen LogP contribution in [0.25, 0.3) is 10.8 Å². The Bertz CT molecular complexity index is 776. The van der Waals surface area contributed by atoms with Gasteiger partial charge in [0, 0.05) is 18.0 Å². The Balaban J connectivity index is 2.14. The van der Waals surface area contributed by atoms with Gasteiger partial charge in [-0.15, -0.1) is 0 Å². The van der Waals surface area contributed by atoms with Gasteiger partial charge in [0.15, 0.2) is 0 Å². The Morgan fingerprint density at radius 3 is 2.70 bits per heavy atom. The maximum Gasteiger partial charge on any atom is 0.259 e. The molecule has 1 fully saturated rings. The van der Waals surface area contributed by atoms with Crippen molar-refractivity contribution in [3.63, 3.8) is 0 Å². The van der Waals surface area contributed by atoms with Crippen LogP contribution < -0.4 is 10.9 Å². The molecule has 1 aliphatic rings. The molecule has 5 heteroatoms. The third kappa shape index (κ3) is 1.91. The van der Waals surface area contributed by atoms with E-state index in [1.54, 1.807) is 12.3 Å². The van der Waals surface area contributed by atoms with Crippen LogP contribution in [0.5, 0.6) is 0 Å². The van der Waals surface area contributed by atoms with Crippen molar-refractivity contribution in [2.24, 2.45) is 0 Å². The van der Waals surface area contributed by atoms with Crippen molar-refractivity contribution in [1.29, 1.82) is 0 Å². The second-order valence-electron chi connectivity index (χ2n) is 5.03. The van der Waals surface area contributed by atoms with Crippen molar-refractivity contribution in [2.45, 2.75) is 25.8 Å². The highest BCUT2D eigenvalue weighted by Crippen LogP contribution is 2.20. The first kappa shape index (κ1) is 12.6. The van der Waals surface area contributed by atoms with Crippen molar-refractivity contribution in [2.75, 3.05) is 0 Å². The lowest BCUT2D eigenvalue weighted by atomic mass is 10.0. The Hall–Kier alpha value is -2.43. The van der Waals surface area contributed by atoms with E-state index in [-0.39, 0.29) is 17.9 Å². The van der Waals surface area contributed by atoms with Crippen molar-refractivity contribution >= 4 is 22.6 Å². The van der Waals surface area contributed by atoms with Crippen LogP contribution >= 0.6 is 0 Å². The largest absolute Gasteiger partial charge is 0.302 e. The number of nitrogens with zero attached hydrogens (tertiary/aromatic N) is 1. The molecule has 102 valence electrons. The summed E-state index contributed by atoms with van der Waals surface area (Å²) in [6.45, 7) is 1.94. The van der Waals surface area contributed by atoms with Crippen LogP contribution in [-0.4, -0.2) is 16.4 Å². The molecule has 2 amide bonds. The van der Waals surface area contributed by atoms with E-state index < -0.39 is 11.9 Å². The molecular weight excluding hydrogens is 256 g/mol. The molecule has 1 aromatic carbocycles. The van der Waals surface area contributed by atoms with E-state index in [0.717, 1.165) is 10.9 Å². The summed E-state index contributed by atoms with van der Waals surface area (Å²) >= 11 is 0. The molecule has 5 nitrogen and oxygen atoms in total. The van der Waals surface area contributed by atoms with Gasteiger partial charge >= 0.3 is 0 Å². The Morgan fingerprint density at radius 1 is 1.15 bits per heavy atom. The third-order valence-corrected chi connectivity index (χ3v) is 3.74. The molecule has 1 saturated heterocycles. The highest BCUT2D eigenvalue weighted by atomic mass is 16.2. The van der Waals surface area contributed by atoms with Crippen molar-refractivity contribution in [3.8, 4) is 0 Å². The van der Waals surface area contributed by atoms with Crippen LogP contribution in [0, 0.1) is 6.92 Å². The lowest BCUT2D eigenvalue weighted by Crippen LogP contribution is -2.44. The maximum atomic E-state index is 12.5. The maximum absolute atomic E-state index is 12.5. The number of amides is 2. The minimum atomic E-state index is -0.606. The number of piperidine rings is 1. The standard InChI is InChI=1S/C15H14N2O3/c1-9-3-2-4-11-10(9)7-8-17(15(11)20)12-5-6-13(18)16-14(12)19/h2-4,7-8,12H,5-6H2,1H3,(H,16,18,19). The van der Waals surface area contributed by atoms with Crippen LogP contribution in [0.1, 0.15) is 24.4 Å². The molecule has 0 spiro atoms. The fourth-order valence-electron chi connectivity index (χ4n) is 2.64. The van der Waals surface area contributed by atoms with Crippen LogP contribution in [0.2, 0.25) is 0 Å². The highest BCUT2D eigenvalue weighted by molar-refractivity contribution is 5.99. The van der Waals surface area contributed by atoms with Gasteiger partial charge < -0.3 is 4.57 Å². The predicted octanol–water partition coefficient (Wildman–Crippen LogP) is 1.29. The Labute approximate surface area is 115 Å². The molecule has 0 bridgehead atoms. The zero-order chi connectivity index (χ0) is 14.3. The van der Waals surface area contributed by atoms with Crippen molar-refractivity contribution in [3.05, 3.63) is 46.4 Å². The number of pyridine rings is 1. The fourth-order valence-corrected chi connectivity index (χ4v) is 2.64. The third-order valence-electron chi connectivity index (χ3n) is 3.74. The van der Waals surface area contributed by atoms with Crippen LogP contribution in [0.4, 0.5) is 0 Å². The van der Waals surface area contributed by atoms with E-state index in [9.17, 15) is 14.4 Å². The summed E-state index contributed by atoms with van der Waals surface area (Å²) in [4.78, 5) is 35.5. The number of hydrogen-bond donors (Lipinski definition) is 1. The second kappa shape index (κ2) is 4.59. The molecular formula is C15H14N2O3. The Morgan fingerprint density at radius 2 is 1.95 bits per heavy atom. The van der Waals surface area contributed by atoms with E-state index >= 15 is 0 Å². The number of carbonyl (C=O) groups excluding carboxylic acids is 2. The molecule has 1 atom stereocenters. The van der Waals surface area contributed by atoms with Gasteiger partial charge in [0.2, 0.25) is 11.8 Å². The van der Waals surface area contributed by atoms with Gasteiger partial charge in [-0.2, -0.15) is 0 Å². The summed E-state index contributed by atoms with van der Waals surface area (Å²) in [5.74, 6) is -0.689. The lowest BCUT2D eigenvalue weighted by Gasteiger charge is -2.23. The van der Waals surface area contributed by atoms with Crippen molar-refractivity contribution in [1.82, 2.24) is 9.88 Å². The fraction of sp³-hybridized carbons (Fsp3) is 0.267. The van der Waals surface area contributed by atoms with Gasteiger partial charge in [-0.25, -0.2) is 0 Å². The summed E-state index contributed by atoms with van der Waals surface area (Å²) in [5.41, 5.74) is 0.829. The van der Waals surface area contributed by atoms with E-state index in [1.165, 1.54) is 4.57 Å². The number of fused-ring (bicyclic) bond motifs is 1. The number of imide groups is 1. The molecule has 0 radical (unpaired) electrons. The number of aromatic nitrogens is 1. The minimum absolute atomic E-state index is 0.194. The number of rotatable bonds is 1. The molecule has 1 aromatic heterocycles. The number of nitrogens with one attached hydrogen (secondary N) is 1. The minimum Gasteiger partial charge on any atom is -0.302 e. The summed E-state index contributed by atoms with van der Waals surface area (Å²) < 4.78 is 1.42. The van der Waals surface area contributed by atoms with Gasteiger partial charge in [0.25, 0.3) is 5.56 Å². The molecule has 3 rings (SSSR count). The van der Waals surface area contributed by atoms with Gasteiger partial charge in [-0.05, 0) is 36.4 Å². The quantitative estimate of drug-likeness (QED) is 0.794. The molecule has 1 aliphatic heterocycles. The molecule has 0 saturated carbocycles. The van der Waals surface area contributed by atoms with E-state index in [0.29, 0.717) is 11.8 Å². The normalized spacial score (nSPS) is 19.1. The smallest absolute Gasteiger partial charge is 0.259 e. The monoisotopic (exact) mass is 270 g/mol. The second-order valence-corrected chi connectivity index (χ2v) is 5.03. The van der Waals surface area contributed by atoms with E-state index in [2.05, 4.69) is 5.32 Å². The zero-order valence-corrected chi connectivity index (χ0v) is 11.1. The first-order chi connectivity index (χ1) is 9.58. The van der Waals surface area contributed by atoms with Crippen molar-refractivity contribution < 1.29 is 9.59 Å². The molecule has 20 heavy (non-hydrogen) atoms. The zero-order valence-electron chi connectivity index (χ0n) is 11.1. The van der Waals surface area contributed by atoms with Gasteiger partial charge in [0.1, 0.15) is 6.04 Å². The van der Waals surface area contributed by atoms with Gasteiger partial charge in [-0.1, -0.05) is 12.1 Å². The summed E-state index contributed by atoms with van der Waals surface area (Å²) in [6, 6.07) is 6.76. The summed E-state index contributed by atoms with van der Waals surface area (Å²) in [7, 11) is 0. The molecule has 0 aliphatic carbocycles. The summed E-state index contributed by atoms with van der Waals surface area (Å²) in [6.07, 6.45) is 2.26. The Kier molecular flexibility index (Phi) is 2.89. The van der Waals surface area contributed by atoms with E-state index in [4.69, 9.17) is 0 Å². The first-order valence-electron chi connectivity index (χ1n) is 6.52. The first-order valence-corrected chi connectivity index (χ1v) is 6.52.